The highest BCUT2D eigenvalue weighted by atomic mass is 32.1. The van der Waals surface area contributed by atoms with Gasteiger partial charge in [-0.2, -0.15) is 0 Å². The van der Waals surface area contributed by atoms with Gasteiger partial charge in [-0.3, -0.25) is 0 Å². The van der Waals surface area contributed by atoms with Gasteiger partial charge in [0.05, 0.1) is 16.9 Å². The Morgan fingerprint density at radius 1 is 1.21 bits per heavy atom. The zero-order chi connectivity index (χ0) is 17.5. The molecule has 1 aliphatic heterocycles. The lowest BCUT2D eigenvalue weighted by atomic mass is 9.78. The number of aromatic nitrogens is 1. The molecule has 2 N–H and O–H groups in total. The van der Waals surface area contributed by atoms with E-state index in [-0.39, 0.29) is 11.2 Å². The summed E-state index contributed by atoms with van der Waals surface area (Å²) in [6.07, 6.45) is 1.33. The molecule has 3 rings (SSSR count). The van der Waals surface area contributed by atoms with Gasteiger partial charge in [-0.25, -0.2) is 4.98 Å². The molecule has 1 aliphatic rings. The van der Waals surface area contributed by atoms with Gasteiger partial charge in [-0.1, -0.05) is 12.1 Å². The summed E-state index contributed by atoms with van der Waals surface area (Å²) in [5, 5.41) is 13.7. The van der Waals surface area contributed by atoms with E-state index in [1.807, 2.05) is 58.2 Å². The Kier molecular flexibility index (Phi) is 4.27. The molecular formula is C17H22BN3O2S. The fourth-order valence-electron chi connectivity index (χ4n) is 2.46. The minimum atomic E-state index is -0.423. The fourth-order valence-corrected chi connectivity index (χ4v) is 3.16. The first-order chi connectivity index (χ1) is 11.2. The number of hydrogen-bond acceptors (Lipinski definition) is 6. The van der Waals surface area contributed by atoms with E-state index < -0.39 is 7.12 Å². The average Bonchev–Trinajstić information content (AvgIpc) is 2.99. The van der Waals surface area contributed by atoms with Crippen molar-refractivity contribution >= 4 is 41.0 Å². The first-order valence-electron chi connectivity index (χ1n) is 7.91. The van der Waals surface area contributed by atoms with Gasteiger partial charge in [-0.05, 0) is 46.1 Å². The molecule has 7 heteroatoms. The summed E-state index contributed by atoms with van der Waals surface area (Å²) in [6.45, 7) is 10.1. The van der Waals surface area contributed by atoms with E-state index in [0.29, 0.717) is 0 Å². The van der Waals surface area contributed by atoms with Crippen molar-refractivity contribution in [3.63, 3.8) is 0 Å². The van der Waals surface area contributed by atoms with Crippen LogP contribution in [-0.2, 0) is 9.31 Å². The highest BCUT2D eigenvalue weighted by Gasteiger charge is 2.51. The largest absolute Gasteiger partial charge is 0.494 e. The monoisotopic (exact) mass is 343 g/mol. The summed E-state index contributed by atoms with van der Waals surface area (Å²) in [5.74, 6) is 0. The van der Waals surface area contributed by atoms with E-state index in [2.05, 4.69) is 10.3 Å². The molecular weight excluding hydrogens is 321 g/mol. The quantitative estimate of drug-likeness (QED) is 0.659. The van der Waals surface area contributed by atoms with Crippen LogP contribution < -0.4 is 10.8 Å². The van der Waals surface area contributed by atoms with Crippen molar-refractivity contribution < 1.29 is 9.31 Å². The van der Waals surface area contributed by atoms with Crippen LogP contribution >= 0.6 is 11.3 Å². The molecule has 2 aromatic rings. The molecule has 1 aromatic heterocycles. The molecule has 1 aromatic carbocycles. The van der Waals surface area contributed by atoms with E-state index >= 15 is 0 Å². The van der Waals surface area contributed by atoms with Crippen LogP contribution in [0.2, 0.25) is 0 Å². The molecule has 0 unspecified atom stereocenters. The third-order valence-electron chi connectivity index (χ3n) is 4.62. The van der Waals surface area contributed by atoms with Crippen LogP contribution in [0.4, 0.5) is 10.8 Å². The van der Waals surface area contributed by atoms with E-state index in [1.165, 1.54) is 6.21 Å². The molecule has 5 nitrogen and oxygen atoms in total. The average molecular weight is 343 g/mol. The van der Waals surface area contributed by atoms with Crippen molar-refractivity contribution in [2.45, 2.75) is 45.8 Å². The highest BCUT2D eigenvalue weighted by Crippen LogP contribution is 2.36. The second-order valence-corrected chi connectivity index (χ2v) is 7.86. The van der Waals surface area contributed by atoms with Gasteiger partial charge in [0.15, 0.2) is 5.13 Å². The molecule has 1 saturated heterocycles. The van der Waals surface area contributed by atoms with Gasteiger partial charge in [0.25, 0.3) is 0 Å². The molecule has 0 radical (unpaired) electrons. The lowest BCUT2D eigenvalue weighted by Gasteiger charge is -2.32. The minimum Gasteiger partial charge on any atom is -0.399 e. The molecule has 2 heterocycles. The predicted molar refractivity (Wildman–Crippen MR) is 100 cm³/mol. The van der Waals surface area contributed by atoms with E-state index in [4.69, 9.17) is 14.7 Å². The van der Waals surface area contributed by atoms with E-state index in [0.717, 1.165) is 27.5 Å². The van der Waals surface area contributed by atoms with Gasteiger partial charge in [0.2, 0.25) is 0 Å². The Balaban J connectivity index is 1.91. The number of nitrogens with zero attached hydrogens (tertiary/aromatic N) is 1. The van der Waals surface area contributed by atoms with Gasteiger partial charge in [0, 0.05) is 22.8 Å². The number of rotatable bonds is 4. The lowest BCUT2D eigenvalue weighted by molar-refractivity contribution is 0.00578. The van der Waals surface area contributed by atoms with Crippen molar-refractivity contribution in [2.75, 3.05) is 5.32 Å². The number of thiazole rings is 1. The molecule has 0 saturated carbocycles. The number of anilines is 2. The standard InChI is InChI=1S/C17H22BN3O2S/c1-11-10-24-15(20-11)21-14-8-13(7-6-12(14)9-19)18-22-16(2,3)17(4,5)23-18/h6-10,19H,1-5H3,(H,20,21). The van der Waals surface area contributed by atoms with Crippen molar-refractivity contribution in [1.29, 1.82) is 5.41 Å². The Bertz CT molecular complexity index is 757. The van der Waals surface area contributed by atoms with Gasteiger partial charge in [0.1, 0.15) is 0 Å². The van der Waals surface area contributed by atoms with Crippen LogP contribution in [0.25, 0.3) is 0 Å². The summed E-state index contributed by atoms with van der Waals surface area (Å²) in [6, 6.07) is 5.82. The molecule has 24 heavy (non-hydrogen) atoms. The minimum absolute atomic E-state index is 0.377. The lowest BCUT2D eigenvalue weighted by Crippen LogP contribution is -2.41. The van der Waals surface area contributed by atoms with Gasteiger partial charge >= 0.3 is 7.12 Å². The number of nitrogens with one attached hydrogen (secondary N) is 2. The predicted octanol–water partition coefficient (Wildman–Crippen LogP) is 3.49. The maximum Gasteiger partial charge on any atom is 0.494 e. The maximum atomic E-state index is 7.62. The number of benzene rings is 1. The van der Waals surface area contributed by atoms with Crippen molar-refractivity contribution in [3.8, 4) is 0 Å². The van der Waals surface area contributed by atoms with Crippen molar-refractivity contribution in [1.82, 2.24) is 4.98 Å². The van der Waals surface area contributed by atoms with E-state index in [1.54, 1.807) is 11.3 Å². The third kappa shape index (κ3) is 3.11. The number of hydrogen-bond donors (Lipinski definition) is 2. The van der Waals surface area contributed by atoms with Crippen molar-refractivity contribution in [3.05, 3.63) is 34.8 Å². The van der Waals surface area contributed by atoms with Crippen LogP contribution in [0.1, 0.15) is 39.0 Å². The summed E-state index contributed by atoms with van der Waals surface area (Å²) < 4.78 is 12.2. The topological polar surface area (TPSA) is 67.2 Å². The van der Waals surface area contributed by atoms with Crippen molar-refractivity contribution in [2.24, 2.45) is 0 Å². The first-order valence-corrected chi connectivity index (χ1v) is 8.79. The van der Waals surface area contributed by atoms with Gasteiger partial charge < -0.3 is 20.0 Å². The molecule has 0 spiro atoms. The summed E-state index contributed by atoms with van der Waals surface area (Å²) in [7, 11) is -0.423. The molecule has 126 valence electrons. The fraction of sp³-hybridized carbons (Fsp3) is 0.412. The molecule has 0 amide bonds. The second-order valence-electron chi connectivity index (χ2n) is 7.00. The summed E-state index contributed by atoms with van der Waals surface area (Å²) >= 11 is 1.54. The SMILES string of the molecule is Cc1csc(Nc2cc(B3OC(C)(C)C(C)(C)O3)ccc2C=N)n1. The Hall–Kier alpha value is -1.70. The second kappa shape index (κ2) is 5.99. The normalized spacial score (nSPS) is 18.6. The molecule has 0 bridgehead atoms. The third-order valence-corrected chi connectivity index (χ3v) is 5.49. The zero-order valence-electron chi connectivity index (χ0n) is 14.6. The van der Waals surface area contributed by atoms with Crippen LogP contribution in [0.5, 0.6) is 0 Å². The molecule has 0 aliphatic carbocycles. The van der Waals surface area contributed by atoms with E-state index in [9.17, 15) is 0 Å². The maximum absolute atomic E-state index is 7.62. The van der Waals surface area contributed by atoms with Crippen LogP contribution in [-0.4, -0.2) is 29.5 Å². The Morgan fingerprint density at radius 3 is 2.42 bits per heavy atom. The smallest absolute Gasteiger partial charge is 0.399 e. The zero-order valence-corrected chi connectivity index (χ0v) is 15.5. The van der Waals surface area contributed by atoms with Crippen LogP contribution in [0.3, 0.4) is 0 Å². The summed E-state index contributed by atoms with van der Waals surface area (Å²) in [5.41, 5.74) is 2.77. The van der Waals surface area contributed by atoms with Gasteiger partial charge in [-0.15, -0.1) is 11.3 Å². The molecule has 0 atom stereocenters. The summed E-state index contributed by atoms with van der Waals surface area (Å²) in [4.78, 5) is 4.42. The Labute approximate surface area is 147 Å². The van der Waals surface area contributed by atoms with Crippen LogP contribution in [0, 0.1) is 12.3 Å². The highest BCUT2D eigenvalue weighted by molar-refractivity contribution is 7.13. The Morgan fingerprint density at radius 2 is 1.88 bits per heavy atom. The first kappa shape index (κ1) is 17.1. The number of aryl methyl sites for hydroxylation is 1. The van der Waals surface area contributed by atoms with Crippen LogP contribution in [0.15, 0.2) is 23.6 Å². The molecule has 1 fully saturated rings.